The fourth-order valence-electron chi connectivity index (χ4n) is 1.65. The van der Waals surface area contributed by atoms with Crippen molar-refractivity contribution in [3.63, 3.8) is 0 Å². The summed E-state index contributed by atoms with van der Waals surface area (Å²) in [5.41, 5.74) is 1.73. The van der Waals surface area contributed by atoms with E-state index in [9.17, 15) is 4.79 Å². The third-order valence-corrected chi connectivity index (χ3v) is 2.52. The first-order chi connectivity index (χ1) is 8.74. The number of nitrogens with zero attached hydrogens (tertiary/aromatic N) is 1. The summed E-state index contributed by atoms with van der Waals surface area (Å²) >= 11 is 0. The topological polar surface area (TPSA) is 80.2 Å². The van der Waals surface area contributed by atoms with Crippen LogP contribution in [-0.4, -0.2) is 36.4 Å². The van der Waals surface area contributed by atoms with E-state index in [1.54, 1.807) is 32.4 Å². The summed E-state index contributed by atoms with van der Waals surface area (Å²) in [6.07, 6.45) is 1.55. The lowest BCUT2D eigenvalue weighted by atomic mass is 10.1. The van der Waals surface area contributed by atoms with E-state index in [0.29, 0.717) is 35.9 Å². The van der Waals surface area contributed by atoms with E-state index in [1.807, 2.05) is 0 Å². The average molecular weight is 249 g/mol. The van der Waals surface area contributed by atoms with Gasteiger partial charge in [-0.05, 0) is 19.1 Å². The second kappa shape index (κ2) is 5.50. The maximum atomic E-state index is 12.0. The number of aryl methyl sites for hydroxylation is 1. The van der Waals surface area contributed by atoms with E-state index in [2.05, 4.69) is 15.5 Å². The summed E-state index contributed by atoms with van der Waals surface area (Å²) in [6, 6.07) is 3.52. The number of nitrogens with one attached hydrogen (secondary N) is 2. The molecular weight excluding hydrogens is 234 g/mol. The summed E-state index contributed by atoms with van der Waals surface area (Å²) in [4.78, 5) is 12.0. The van der Waals surface area contributed by atoms with Gasteiger partial charge in [-0.3, -0.25) is 9.89 Å². The predicted octanol–water partition coefficient (Wildman–Crippen LogP) is 1.35. The van der Waals surface area contributed by atoms with Crippen LogP contribution in [-0.2, 0) is 4.74 Å². The molecule has 6 nitrogen and oxygen atoms in total. The van der Waals surface area contributed by atoms with Crippen molar-refractivity contribution in [3.8, 4) is 11.5 Å². The number of furan rings is 1. The second-order valence-corrected chi connectivity index (χ2v) is 3.80. The molecule has 0 fully saturated rings. The van der Waals surface area contributed by atoms with Gasteiger partial charge in [-0.2, -0.15) is 5.10 Å². The molecule has 2 N–H and O–H groups in total. The molecule has 1 amide bonds. The van der Waals surface area contributed by atoms with E-state index in [-0.39, 0.29) is 5.91 Å². The zero-order valence-electron chi connectivity index (χ0n) is 10.3. The van der Waals surface area contributed by atoms with Crippen molar-refractivity contribution in [1.29, 1.82) is 0 Å². The van der Waals surface area contributed by atoms with Crippen LogP contribution in [0.25, 0.3) is 11.5 Å². The number of methoxy groups -OCH3 is 1. The number of rotatable bonds is 5. The van der Waals surface area contributed by atoms with Gasteiger partial charge >= 0.3 is 0 Å². The quantitative estimate of drug-likeness (QED) is 0.784. The lowest BCUT2D eigenvalue weighted by Gasteiger charge is -2.04. The Morgan fingerprint density at radius 1 is 1.61 bits per heavy atom. The smallest absolute Gasteiger partial charge is 0.255 e. The SMILES string of the molecule is COCCNC(=O)c1c(-c2ccco2)n[nH]c1C. The van der Waals surface area contributed by atoms with Crippen molar-refractivity contribution in [3.05, 3.63) is 29.7 Å². The number of hydrogen-bond acceptors (Lipinski definition) is 4. The molecule has 0 saturated carbocycles. The molecule has 18 heavy (non-hydrogen) atoms. The number of amides is 1. The molecule has 0 aromatic carbocycles. The molecule has 0 aliphatic heterocycles. The van der Waals surface area contributed by atoms with Crippen molar-refractivity contribution in [2.24, 2.45) is 0 Å². The molecule has 0 spiro atoms. The van der Waals surface area contributed by atoms with E-state index in [4.69, 9.17) is 9.15 Å². The molecule has 2 rings (SSSR count). The Morgan fingerprint density at radius 3 is 3.11 bits per heavy atom. The van der Waals surface area contributed by atoms with Gasteiger partial charge in [0.2, 0.25) is 0 Å². The molecule has 0 aliphatic carbocycles. The van der Waals surface area contributed by atoms with Gasteiger partial charge in [0.15, 0.2) is 5.76 Å². The molecule has 0 atom stereocenters. The summed E-state index contributed by atoms with van der Waals surface area (Å²) in [7, 11) is 1.59. The van der Waals surface area contributed by atoms with E-state index in [1.165, 1.54) is 0 Å². The number of hydrogen-bond donors (Lipinski definition) is 2. The Morgan fingerprint density at radius 2 is 2.44 bits per heavy atom. The lowest BCUT2D eigenvalue weighted by Crippen LogP contribution is -2.27. The summed E-state index contributed by atoms with van der Waals surface area (Å²) in [5.74, 6) is 0.376. The maximum Gasteiger partial charge on any atom is 0.255 e. The van der Waals surface area contributed by atoms with Gasteiger partial charge in [-0.25, -0.2) is 0 Å². The largest absolute Gasteiger partial charge is 0.463 e. The molecule has 96 valence electrons. The molecule has 0 bridgehead atoms. The molecule has 0 aliphatic rings. The highest BCUT2D eigenvalue weighted by Crippen LogP contribution is 2.23. The third-order valence-electron chi connectivity index (χ3n) is 2.52. The van der Waals surface area contributed by atoms with E-state index >= 15 is 0 Å². The van der Waals surface area contributed by atoms with Gasteiger partial charge in [0.1, 0.15) is 5.69 Å². The van der Waals surface area contributed by atoms with Gasteiger partial charge in [0.05, 0.1) is 18.4 Å². The number of H-pyrrole nitrogens is 1. The molecule has 2 aromatic rings. The number of carbonyl (C=O) groups is 1. The van der Waals surface area contributed by atoms with Crippen LogP contribution >= 0.6 is 0 Å². The summed E-state index contributed by atoms with van der Waals surface area (Å²) < 4.78 is 10.1. The fraction of sp³-hybridized carbons (Fsp3) is 0.333. The third kappa shape index (κ3) is 2.43. The zero-order chi connectivity index (χ0) is 13.0. The number of ether oxygens (including phenoxy) is 1. The molecule has 2 heterocycles. The number of carbonyl (C=O) groups excluding carboxylic acids is 1. The average Bonchev–Trinajstić information content (AvgIpc) is 2.97. The maximum absolute atomic E-state index is 12.0. The minimum atomic E-state index is -0.190. The van der Waals surface area contributed by atoms with Gasteiger partial charge in [-0.1, -0.05) is 0 Å². The van der Waals surface area contributed by atoms with Crippen LogP contribution in [0.2, 0.25) is 0 Å². The molecule has 0 saturated heterocycles. The fourth-order valence-corrected chi connectivity index (χ4v) is 1.65. The van der Waals surface area contributed by atoms with Crippen molar-refractivity contribution >= 4 is 5.91 Å². The normalized spacial score (nSPS) is 10.6. The highest BCUT2D eigenvalue weighted by atomic mass is 16.5. The Bertz CT molecular complexity index is 517. The summed E-state index contributed by atoms with van der Waals surface area (Å²) in [6.45, 7) is 2.72. The lowest BCUT2D eigenvalue weighted by molar-refractivity contribution is 0.0937. The van der Waals surface area contributed by atoms with Gasteiger partial charge < -0.3 is 14.5 Å². The Labute approximate surface area is 104 Å². The van der Waals surface area contributed by atoms with Crippen LogP contribution in [0.5, 0.6) is 0 Å². The van der Waals surface area contributed by atoms with Crippen molar-refractivity contribution < 1.29 is 13.9 Å². The number of aromatic amines is 1. The molecule has 0 radical (unpaired) electrons. The minimum Gasteiger partial charge on any atom is -0.463 e. The van der Waals surface area contributed by atoms with Gasteiger partial charge in [0.25, 0.3) is 5.91 Å². The minimum absolute atomic E-state index is 0.190. The second-order valence-electron chi connectivity index (χ2n) is 3.80. The molecule has 6 heteroatoms. The first-order valence-electron chi connectivity index (χ1n) is 5.60. The van der Waals surface area contributed by atoms with E-state index in [0.717, 1.165) is 0 Å². The van der Waals surface area contributed by atoms with Crippen LogP contribution < -0.4 is 5.32 Å². The first-order valence-corrected chi connectivity index (χ1v) is 5.60. The highest BCUT2D eigenvalue weighted by molar-refractivity contribution is 6.00. The van der Waals surface area contributed by atoms with Crippen LogP contribution in [0, 0.1) is 6.92 Å². The molecule has 0 unspecified atom stereocenters. The van der Waals surface area contributed by atoms with Crippen molar-refractivity contribution in [1.82, 2.24) is 15.5 Å². The summed E-state index contributed by atoms with van der Waals surface area (Å²) in [5, 5.41) is 9.65. The zero-order valence-corrected chi connectivity index (χ0v) is 10.3. The highest BCUT2D eigenvalue weighted by Gasteiger charge is 2.20. The van der Waals surface area contributed by atoms with Crippen LogP contribution in [0.4, 0.5) is 0 Å². The van der Waals surface area contributed by atoms with Crippen LogP contribution in [0.1, 0.15) is 16.1 Å². The molecule has 2 aromatic heterocycles. The van der Waals surface area contributed by atoms with Crippen molar-refractivity contribution in [2.75, 3.05) is 20.3 Å². The Balaban J connectivity index is 2.22. The standard InChI is InChI=1S/C12H15N3O3/c1-8-10(12(16)13-5-7-17-2)11(15-14-8)9-4-3-6-18-9/h3-4,6H,5,7H2,1-2H3,(H,13,16)(H,14,15). The number of aromatic nitrogens is 2. The van der Waals surface area contributed by atoms with E-state index < -0.39 is 0 Å². The van der Waals surface area contributed by atoms with Gasteiger partial charge in [-0.15, -0.1) is 0 Å². The van der Waals surface area contributed by atoms with Gasteiger partial charge in [0, 0.05) is 19.3 Å². The first kappa shape index (κ1) is 12.4. The monoisotopic (exact) mass is 249 g/mol. The molecular formula is C12H15N3O3. The predicted molar refractivity (Wildman–Crippen MR) is 65.2 cm³/mol. The Kier molecular flexibility index (Phi) is 3.78. The van der Waals surface area contributed by atoms with Crippen LogP contribution in [0.15, 0.2) is 22.8 Å². The Hall–Kier alpha value is -2.08. The van der Waals surface area contributed by atoms with Crippen LogP contribution in [0.3, 0.4) is 0 Å². The van der Waals surface area contributed by atoms with Crippen molar-refractivity contribution in [2.45, 2.75) is 6.92 Å².